The average molecular weight is 477 g/mol. The zero-order valence-corrected chi connectivity index (χ0v) is 19.5. The number of benzene rings is 3. The molecule has 0 saturated heterocycles. The largest absolute Gasteiger partial charge is 0.452 e. The normalized spacial score (nSPS) is 12.5. The molecule has 1 aliphatic heterocycles. The molecule has 0 fully saturated rings. The standard InChI is InChI=1S/C26H21ClN2O5/c1-14-4-5-16(3)22(10-14)29-24(31)19-9-7-17(11-20(19)25(29)32)26(33)34-13-23(30)28-21-12-18(27)8-6-15(21)2/h4-12H,13H2,1-3H3,(H,28,30). The summed E-state index contributed by atoms with van der Waals surface area (Å²) < 4.78 is 5.11. The third-order valence-corrected chi connectivity index (χ3v) is 5.77. The molecule has 172 valence electrons. The van der Waals surface area contributed by atoms with Crippen molar-refractivity contribution < 1.29 is 23.9 Å². The first-order valence-corrected chi connectivity index (χ1v) is 10.9. The number of carbonyl (C=O) groups excluding carboxylic acids is 4. The maximum absolute atomic E-state index is 13.1. The molecule has 3 aromatic carbocycles. The van der Waals surface area contributed by atoms with E-state index < -0.39 is 30.3 Å². The van der Waals surface area contributed by atoms with Crippen molar-refractivity contribution in [2.24, 2.45) is 0 Å². The summed E-state index contributed by atoms with van der Waals surface area (Å²) in [4.78, 5) is 51.8. The van der Waals surface area contributed by atoms with Gasteiger partial charge in [-0.05, 0) is 73.9 Å². The van der Waals surface area contributed by atoms with E-state index in [1.807, 2.05) is 32.9 Å². The number of aryl methyl sites for hydroxylation is 3. The highest BCUT2D eigenvalue weighted by atomic mass is 35.5. The van der Waals surface area contributed by atoms with Crippen LogP contribution < -0.4 is 10.2 Å². The van der Waals surface area contributed by atoms with Gasteiger partial charge in [-0.25, -0.2) is 9.69 Å². The maximum Gasteiger partial charge on any atom is 0.338 e. The second-order valence-electron chi connectivity index (χ2n) is 8.08. The molecule has 0 aliphatic carbocycles. The Balaban J connectivity index is 1.48. The van der Waals surface area contributed by atoms with Gasteiger partial charge in [0, 0.05) is 10.7 Å². The van der Waals surface area contributed by atoms with Crippen molar-refractivity contribution >= 4 is 46.7 Å². The summed E-state index contributed by atoms with van der Waals surface area (Å²) in [5, 5.41) is 3.10. The Labute approximate surface area is 201 Å². The molecular formula is C26H21ClN2O5. The molecule has 4 rings (SSSR count). The summed E-state index contributed by atoms with van der Waals surface area (Å²) in [7, 11) is 0. The predicted octanol–water partition coefficient (Wildman–Crippen LogP) is 4.86. The summed E-state index contributed by atoms with van der Waals surface area (Å²) in [6, 6.07) is 14.7. The first-order valence-electron chi connectivity index (χ1n) is 10.5. The Bertz CT molecular complexity index is 1370. The quantitative estimate of drug-likeness (QED) is 0.419. The molecule has 1 aliphatic rings. The third-order valence-electron chi connectivity index (χ3n) is 5.54. The summed E-state index contributed by atoms with van der Waals surface area (Å²) in [5.74, 6) is -2.29. The molecule has 1 N–H and O–H groups in total. The van der Waals surface area contributed by atoms with Crippen LogP contribution in [-0.4, -0.2) is 30.3 Å². The van der Waals surface area contributed by atoms with Gasteiger partial charge in [0.15, 0.2) is 6.61 Å². The number of imide groups is 1. The number of nitrogens with zero attached hydrogens (tertiary/aromatic N) is 1. The van der Waals surface area contributed by atoms with E-state index in [2.05, 4.69) is 5.32 Å². The first-order chi connectivity index (χ1) is 16.2. The van der Waals surface area contributed by atoms with Crippen molar-refractivity contribution in [2.75, 3.05) is 16.8 Å². The highest BCUT2D eigenvalue weighted by Gasteiger charge is 2.38. The van der Waals surface area contributed by atoms with E-state index >= 15 is 0 Å². The summed E-state index contributed by atoms with van der Waals surface area (Å²) in [6.07, 6.45) is 0. The molecule has 1 heterocycles. The molecule has 0 atom stereocenters. The lowest BCUT2D eigenvalue weighted by Crippen LogP contribution is -2.30. The van der Waals surface area contributed by atoms with Crippen LogP contribution in [-0.2, 0) is 9.53 Å². The Hall–Kier alpha value is -3.97. The molecular weight excluding hydrogens is 456 g/mol. The molecule has 0 unspecified atom stereocenters. The SMILES string of the molecule is Cc1ccc(C)c(N2C(=O)c3ccc(C(=O)OCC(=O)Nc4cc(Cl)ccc4C)cc3C2=O)c1. The number of esters is 1. The Morgan fingerprint density at radius 1 is 0.882 bits per heavy atom. The van der Waals surface area contributed by atoms with E-state index in [1.54, 1.807) is 24.3 Å². The number of rotatable bonds is 5. The van der Waals surface area contributed by atoms with Gasteiger partial charge in [-0.15, -0.1) is 0 Å². The van der Waals surface area contributed by atoms with Crippen molar-refractivity contribution in [2.45, 2.75) is 20.8 Å². The van der Waals surface area contributed by atoms with Gasteiger partial charge in [-0.3, -0.25) is 14.4 Å². The van der Waals surface area contributed by atoms with Gasteiger partial charge in [0.05, 0.1) is 22.4 Å². The van der Waals surface area contributed by atoms with Crippen LogP contribution in [0.4, 0.5) is 11.4 Å². The van der Waals surface area contributed by atoms with Crippen LogP contribution >= 0.6 is 11.6 Å². The summed E-state index contributed by atoms with van der Waals surface area (Å²) in [6.45, 7) is 4.97. The zero-order chi connectivity index (χ0) is 24.6. The maximum atomic E-state index is 13.1. The molecule has 0 spiro atoms. The fraction of sp³-hybridized carbons (Fsp3) is 0.154. The van der Waals surface area contributed by atoms with E-state index in [1.165, 1.54) is 18.2 Å². The number of amides is 3. The minimum atomic E-state index is -0.786. The predicted molar refractivity (Wildman–Crippen MR) is 129 cm³/mol. The Morgan fingerprint density at radius 3 is 2.35 bits per heavy atom. The van der Waals surface area contributed by atoms with Gasteiger partial charge in [0.25, 0.3) is 17.7 Å². The smallest absolute Gasteiger partial charge is 0.338 e. The Morgan fingerprint density at radius 2 is 1.59 bits per heavy atom. The van der Waals surface area contributed by atoms with E-state index in [-0.39, 0.29) is 16.7 Å². The lowest BCUT2D eigenvalue weighted by Gasteiger charge is -2.17. The highest BCUT2D eigenvalue weighted by molar-refractivity contribution is 6.35. The molecule has 0 aromatic heterocycles. The van der Waals surface area contributed by atoms with E-state index in [0.717, 1.165) is 21.6 Å². The van der Waals surface area contributed by atoms with Gasteiger partial charge in [-0.2, -0.15) is 0 Å². The number of nitrogens with one attached hydrogen (secondary N) is 1. The molecule has 34 heavy (non-hydrogen) atoms. The Kier molecular flexibility index (Phi) is 6.22. The van der Waals surface area contributed by atoms with Crippen molar-refractivity contribution in [3.05, 3.63) is 93.0 Å². The first kappa shape index (κ1) is 23.2. The minimum absolute atomic E-state index is 0.0643. The third kappa shape index (κ3) is 4.43. The molecule has 0 saturated carbocycles. The van der Waals surface area contributed by atoms with Gasteiger partial charge in [0.1, 0.15) is 0 Å². The van der Waals surface area contributed by atoms with Gasteiger partial charge < -0.3 is 10.1 Å². The van der Waals surface area contributed by atoms with E-state index in [9.17, 15) is 19.2 Å². The minimum Gasteiger partial charge on any atom is -0.452 e. The average Bonchev–Trinajstić information content (AvgIpc) is 3.05. The van der Waals surface area contributed by atoms with E-state index in [4.69, 9.17) is 16.3 Å². The van der Waals surface area contributed by atoms with Crippen LogP contribution in [0.5, 0.6) is 0 Å². The second kappa shape index (κ2) is 9.11. The summed E-state index contributed by atoms with van der Waals surface area (Å²) >= 11 is 5.95. The van der Waals surface area contributed by atoms with Crippen LogP contribution in [0, 0.1) is 20.8 Å². The van der Waals surface area contributed by atoms with E-state index in [0.29, 0.717) is 16.4 Å². The monoisotopic (exact) mass is 476 g/mol. The van der Waals surface area contributed by atoms with Crippen molar-refractivity contribution in [3.63, 3.8) is 0 Å². The van der Waals surface area contributed by atoms with Crippen LogP contribution in [0.15, 0.2) is 54.6 Å². The van der Waals surface area contributed by atoms with Gasteiger partial charge in [-0.1, -0.05) is 29.8 Å². The molecule has 3 aromatic rings. The number of hydrogen-bond donors (Lipinski definition) is 1. The number of ether oxygens (including phenoxy) is 1. The zero-order valence-electron chi connectivity index (χ0n) is 18.8. The van der Waals surface area contributed by atoms with Gasteiger partial charge >= 0.3 is 5.97 Å². The van der Waals surface area contributed by atoms with Crippen molar-refractivity contribution in [3.8, 4) is 0 Å². The number of halogens is 1. The number of anilines is 2. The molecule has 0 bridgehead atoms. The topological polar surface area (TPSA) is 92.8 Å². The second-order valence-corrected chi connectivity index (χ2v) is 8.52. The fourth-order valence-corrected chi connectivity index (χ4v) is 3.85. The van der Waals surface area contributed by atoms with Gasteiger partial charge in [0.2, 0.25) is 0 Å². The number of carbonyl (C=O) groups is 4. The lowest BCUT2D eigenvalue weighted by atomic mass is 10.1. The van der Waals surface area contributed by atoms with Crippen LogP contribution in [0.3, 0.4) is 0 Å². The van der Waals surface area contributed by atoms with Crippen molar-refractivity contribution in [1.82, 2.24) is 0 Å². The summed E-state index contributed by atoms with van der Waals surface area (Å²) in [5.41, 5.74) is 3.89. The molecule has 0 radical (unpaired) electrons. The number of fused-ring (bicyclic) bond motifs is 1. The van der Waals surface area contributed by atoms with Crippen molar-refractivity contribution in [1.29, 1.82) is 0 Å². The molecule has 8 heteroatoms. The molecule has 3 amide bonds. The number of hydrogen-bond acceptors (Lipinski definition) is 5. The fourth-order valence-electron chi connectivity index (χ4n) is 3.68. The highest BCUT2D eigenvalue weighted by Crippen LogP contribution is 2.32. The van der Waals surface area contributed by atoms with Crippen LogP contribution in [0.2, 0.25) is 5.02 Å². The molecule has 7 nitrogen and oxygen atoms in total. The lowest BCUT2D eigenvalue weighted by molar-refractivity contribution is -0.119. The van der Waals surface area contributed by atoms with Crippen LogP contribution in [0.25, 0.3) is 0 Å². The van der Waals surface area contributed by atoms with Crippen LogP contribution in [0.1, 0.15) is 47.8 Å².